The van der Waals surface area contributed by atoms with Crippen molar-refractivity contribution in [3.63, 3.8) is 0 Å². The molecular weight excluding hydrogens is 421 g/mol. The number of halogens is 3. The Morgan fingerprint density at radius 3 is 2.69 bits per heavy atom. The van der Waals surface area contributed by atoms with Crippen molar-refractivity contribution in [2.24, 2.45) is 5.92 Å². The lowest BCUT2D eigenvalue weighted by Gasteiger charge is -2.36. The molecule has 2 atom stereocenters. The van der Waals surface area contributed by atoms with E-state index in [1.54, 1.807) is 12.3 Å². The van der Waals surface area contributed by atoms with E-state index >= 15 is 0 Å². The molecule has 5 rings (SSSR count). The van der Waals surface area contributed by atoms with E-state index in [1.807, 2.05) is 13.1 Å². The zero-order valence-electron chi connectivity index (χ0n) is 17.5. The van der Waals surface area contributed by atoms with Crippen molar-refractivity contribution in [1.29, 1.82) is 0 Å². The van der Waals surface area contributed by atoms with E-state index in [1.165, 1.54) is 16.2 Å². The molecule has 166 valence electrons. The molecule has 4 aromatic rings. The second-order valence-electron chi connectivity index (χ2n) is 8.28. The van der Waals surface area contributed by atoms with Crippen molar-refractivity contribution in [3.05, 3.63) is 54.0 Å². The van der Waals surface area contributed by atoms with Gasteiger partial charge in [-0.2, -0.15) is 18.3 Å². The monoisotopic (exact) mass is 442 g/mol. The molecule has 1 aliphatic heterocycles. The number of imidazole rings is 1. The number of piperidine rings is 1. The second-order valence-corrected chi connectivity index (χ2v) is 8.28. The predicted octanol–water partition coefficient (Wildman–Crippen LogP) is 3.87. The average Bonchev–Trinajstić information content (AvgIpc) is 3.38. The summed E-state index contributed by atoms with van der Waals surface area (Å²) in [6, 6.07) is 1.67. The van der Waals surface area contributed by atoms with Crippen LogP contribution in [0.25, 0.3) is 17.0 Å². The van der Waals surface area contributed by atoms with Crippen LogP contribution in [-0.4, -0.2) is 47.6 Å². The van der Waals surface area contributed by atoms with Gasteiger partial charge in [0.25, 0.3) is 0 Å². The van der Waals surface area contributed by atoms with E-state index in [2.05, 4.69) is 42.0 Å². The van der Waals surface area contributed by atoms with Gasteiger partial charge >= 0.3 is 6.18 Å². The summed E-state index contributed by atoms with van der Waals surface area (Å²) < 4.78 is 40.8. The first-order valence-electron chi connectivity index (χ1n) is 10.3. The Morgan fingerprint density at radius 2 is 1.94 bits per heavy atom. The highest BCUT2D eigenvalue weighted by molar-refractivity contribution is 5.60. The van der Waals surface area contributed by atoms with Gasteiger partial charge in [0.1, 0.15) is 0 Å². The molecule has 0 radical (unpaired) electrons. The zero-order valence-corrected chi connectivity index (χ0v) is 17.5. The number of hydrogen-bond donors (Lipinski definition) is 1. The van der Waals surface area contributed by atoms with Crippen LogP contribution in [0, 0.1) is 12.8 Å². The van der Waals surface area contributed by atoms with Crippen LogP contribution in [0.3, 0.4) is 0 Å². The molecule has 11 heteroatoms. The molecule has 0 bridgehead atoms. The lowest BCUT2D eigenvalue weighted by molar-refractivity contribution is -0.141. The standard InChI is InChI=1S/C21H21F3N8/c1-12-5-14(15-6-28-30-13(15)2)10-31(9-12)20-25-4-3-16(29-20)17-7-27-19-8-26-18(11-32(17)19)21(22,23)24/h3-4,6-8,11-12,14H,5,9-10H2,1-2H3,(H,28,30)/t12-,14?/m0/s1. The van der Waals surface area contributed by atoms with E-state index in [0.717, 1.165) is 37.6 Å². The summed E-state index contributed by atoms with van der Waals surface area (Å²) in [4.78, 5) is 18.9. The number of hydrogen-bond acceptors (Lipinski definition) is 6. The lowest BCUT2D eigenvalue weighted by atomic mass is 9.86. The summed E-state index contributed by atoms with van der Waals surface area (Å²) in [7, 11) is 0. The SMILES string of the molecule is Cc1[nH]ncc1C1C[C@H](C)CN(c2nccc(-c3cnc4cnc(C(F)(F)F)cn34)n2)C1. The van der Waals surface area contributed by atoms with Crippen LogP contribution in [0.1, 0.15) is 36.2 Å². The third-order valence-corrected chi connectivity index (χ3v) is 5.84. The minimum Gasteiger partial charge on any atom is -0.340 e. The van der Waals surface area contributed by atoms with Crippen LogP contribution >= 0.6 is 0 Å². The Kier molecular flexibility index (Phi) is 4.83. The molecule has 1 saturated heterocycles. The summed E-state index contributed by atoms with van der Waals surface area (Å²) in [5.41, 5.74) is 2.52. The third-order valence-electron chi connectivity index (χ3n) is 5.84. The fraction of sp³-hybridized carbons (Fsp3) is 0.381. The molecule has 0 aromatic carbocycles. The maximum atomic E-state index is 13.1. The molecule has 0 amide bonds. The first kappa shape index (κ1) is 20.4. The summed E-state index contributed by atoms with van der Waals surface area (Å²) in [6.45, 7) is 5.74. The van der Waals surface area contributed by atoms with Gasteiger partial charge in [-0.05, 0) is 30.9 Å². The topological polar surface area (TPSA) is 87.9 Å². The molecule has 1 unspecified atom stereocenters. The number of aryl methyl sites for hydroxylation is 1. The first-order valence-corrected chi connectivity index (χ1v) is 10.3. The largest absolute Gasteiger partial charge is 0.434 e. The Hall–Kier alpha value is -3.50. The van der Waals surface area contributed by atoms with Gasteiger partial charge in [-0.15, -0.1) is 0 Å². The molecule has 0 spiro atoms. The highest BCUT2D eigenvalue weighted by atomic mass is 19.4. The molecule has 0 aliphatic carbocycles. The highest BCUT2D eigenvalue weighted by Crippen LogP contribution is 2.33. The third kappa shape index (κ3) is 3.67. The van der Waals surface area contributed by atoms with Crippen molar-refractivity contribution in [2.45, 2.75) is 32.4 Å². The van der Waals surface area contributed by atoms with Gasteiger partial charge in [0.05, 0.1) is 30.0 Å². The Morgan fingerprint density at radius 1 is 1.09 bits per heavy atom. The van der Waals surface area contributed by atoms with Crippen LogP contribution in [0.15, 0.2) is 37.1 Å². The average molecular weight is 442 g/mol. The fourth-order valence-corrected chi connectivity index (χ4v) is 4.38. The Balaban J connectivity index is 1.49. The number of anilines is 1. The number of aromatic amines is 1. The van der Waals surface area contributed by atoms with Crippen molar-refractivity contribution in [1.82, 2.24) is 34.5 Å². The summed E-state index contributed by atoms with van der Waals surface area (Å²) >= 11 is 0. The maximum Gasteiger partial charge on any atom is 0.434 e. The van der Waals surface area contributed by atoms with E-state index in [0.29, 0.717) is 34.8 Å². The molecule has 0 saturated carbocycles. The minimum atomic E-state index is -4.54. The molecule has 1 N–H and O–H groups in total. The fourth-order valence-electron chi connectivity index (χ4n) is 4.38. The summed E-state index contributed by atoms with van der Waals surface area (Å²) in [5, 5.41) is 7.15. The molecule has 1 aliphatic rings. The van der Waals surface area contributed by atoms with Gasteiger partial charge in [-0.25, -0.2) is 19.9 Å². The number of nitrogens with one attached hydrogen (secondary N) is 1. The minimum absolute atomic E-state index is 0.293. The Bertz CT molecular complexity index is 1260. The number of alkyl halides is 3. The summed E-state index contributed by atoms with van der Waals surface area (Å²) in [5.74, 6) is 1.26. The lowest BCUT2D eigenvalue weighted by Crippen LogP contribution is -2.39. The predicted molar refractivity (Wildman–Crippen MR) is 111 cm³/mol. The smallest absolute Gasteiger partial charge is 0.340 e. The van der Waals surface area contributed by atoms with Gasteiger partial charge < -0.3 is 4.90 Å². The van der Waals surface area contributed by atoms with Crippen molar-refractivity contribution >= 4 is 11.6 Å². The van der Waals surface area contributed by atoms with Crippen molar-refractivity contribution in [2.75, 3.05) is 18.0 Å². The number of fused-ring (bicyclic) bond motifs is 1. The molecular formula is C21H21F3N8. The van der Waals surface area contributed by atoms with E-state index in [4.69, 9.17) is 0 Å². The van der Waals surface area contributed by atoms with E-state index in [9.17, 15) is 13.2 Å². The van der Waals surface area contributed by atoms with Crippen molar-refractivity contribution < 1.29 is 13.2 Å². The number of nitrogens with zero attached hydrogens (tertiary/aromatic N) is 7. The van der Waals surface area contributed by atoms with Crippen LogP contribution in [0.5, 0.6) is 0 Å². The van der Waals surface area contributed by atoms with Gasteiger partial charge in [0.2, 0.25) is 5.95 Å². The number of H-pyrrole nitrogens is 1. The first-order chi connectivity index (χ1) is 15.3. The maximum absolute atomic E-state index is 13.1. The normalized spacial score (nSPS) is 19.6. The molecule has 5 heterocycles. The van der Waals surface area contributed by atoms with Crippen LogP contribution in [-0.2, 0) is 6.18 Å². The second kappa shape index (κ2) is 7.57. The van der Waals surface area contributed by atoms with Gasteiger partial charge in [0.15, 0.2) is 11.3 Å². The van der Waals surface area contributed by atoms with E-state index < -0.39 is 11.9 Å². The summed E-state index contributed by atoms with van der Waals surface area (Å²) in [6.07, 6.45) is 3.55. The van der Waals surface area contributed by atoms with Gasteiger partial charge in [0, 0.05) is 37.1 Å². The van der Waals surface area contributed by atoms with E-state index in [-0.39, 0.29) is 0 Å². The van der Waals surface area contributed by atoms with Crippen LogP contribution in [0.2, 0.25) is 0 Å². The van der Waals surface area contributed by atoms with Crippen molar-refractivity contribution in [3.8, 4) is 11.4 Å². The van der Waals surface area contributed by atoms with Gasteiger partial charge in [-0.1, -0.05) is 6.92 Å². The quantitative estimate of drug-likeness (QED) is 0.518. The molecule has 4 aromatic heterocycles. The van der Waals surface area contributed by atoms with Gasteiger partial charge in [-0.3, -0.25) is 9.50 Å². The number of aromatic nitrogens is 7. The molecule has 8 nitrogen and oxygen atoms in total. The van der Waals surface area contributed by atoms with Crippen LogP contribution in [0.4, 0.5) is 19.1 Å². The Labute approximate surface area is 181 Å². The van der Waals surface area contributed by atoms with Crippen LogP contribution < -0.4 is 4.90 Å². The highest BCUT2D eigenvalue weighted by Gasteiger charge is 2.33. The molecule has 1 fully saturated rings. The number of rotatable bonds is 3. The molecule has 32 heavy (non-hydrogen) atoms. The zero-order chi connectivity index (χ0) is 22.5.